The Hall–Kier alpha value is -1.32. The maximum Gasteiger partial charge on any atom is 0.115 e. The van der Waals surface area contributed by atoms with Crippen LogP contribution in [0.5, 0.6) is 0 Å². The summed E-state index contributed by atoms with van der Waals surface area (Å²) in [5.41, 5.74) is 7.69. The first-order valence-electron chi connectivity index (χ1n) is 3.85. The van der Waals surface area contributed by atoms with Crippen molar-refractivity contribution in [2.75, 3.05) is 7.05 Å². The Balaban J connectivity index is 2.82. The van der Waals surface area contributed by atoms with Crippen LogP contribution in [-0.4, -0.2) is 22.7 Å². The molecular weight excluding hydrogens is 152 g/mol. The lowest BCUT2D eigenvalue weighted by molar-refractivity contribution is 0.688. The van der Waals surface area contributed by atoms with Crippen LogP contribution >= 0.6 is 0 Å². The van der Waals surface area contributed by atoms with Crippen molar-refractivity contribution in [1.29, 1.82) is 0 Å². The predicted molar refractivity (Wildman–Crippen MR) is 49.2 cm³/mol. The van der Waals surface area contributed by atoms with Gasteiger partial charge in [-0.3, -0.25) is 9.67 Å². The average Bonchev–Trinajstić information content (AvgIpc) is 2.30. The highest BCUT2D eigenvalue weighted by molar-refractivity contribution is 5.79. The molecule has 0 aliphatic carbocycles. The van der Waals surface area contributed by atoms with Gasteiger partial charge in [0.1, 0.15) is 5.84 Å². The molecule has 0 unspecified atom stereocenters. The molecule has 1 aromatic heterocycles. The summed E-state index contributed by atoms with van der Waals surface area (Å²) < 4.78 is 1.84. The monoisotopic (exact) mass is 166 g/mol. The number of rotatable bonds is 2. The Labute approximate surface area is 72.1 Å². The average molecular weight is 166 g/mol. The van der Waals surface area contributed by atoms with Crippen molar-refractivity contribution in [1.82, 2.24) is 9.78 Å². The highest BCUT2D eigenvalue weighted by Crippen LogP contribution is 2.00. The number of nitrogens with zero attached hydrogens (tertiary/aromatic N) is 3. The van der Waals surface area contributed by atoms with Gasteiger partial charge in [-0.2, -0.15) is 5.10 Å². The van der Waals surface area contributed by atoms with Gasteiger partial charge in [0.15, 0.2) is 0 Å². The summed E-state index contributed by atoms with van der Waals surface area (Å²) in [6.45, 7) is 4.54. The van der Waals surface area contributed by atoms with E-state index in [9.17, 15) is 0 Å². The molecule has 0 atom stereocenters. The number of hydrogen-bond acceptors (Lipinski definition) is 2. The molecule has 12 heavy (non-hydrogen) atoms. The SMILES string of the molecule is CN=C(N)Cn1nc(C)cc1C. The van der Waals surface area contributed by atoms with E-state index in [0.29, 0.717) is 12.4 Å². The maximum atomic E-state index is 5.57. The molecule has 0 amide bonds. The van der Waals surface area contributed by atoms with Crippen LogP contribution in [-0.2, 0) is 6.54 Å². The van der Waals surface area contributed by atoms with Gasteiger partial charge in [0.2, 0.25) is 0 Å². The lowest BCUT2D eigenvalue weighted by atomic mass is 10.4. The van der Waals surface area contributed by atoms with Gasteiger partial charge in [0, 0.05) is 12.7 Å². The minimum absolute atomic E-state index is 0.580. The fourth-order valence-electron chi connectivity index (χ4n) is 1.06. The van der Waals surface area contributed by atoms with Gasteiger partial charge >= 0.3 is 0 Å². The molecule has 4 nitrogen and oxygen atoms in total. The van der Waals surface area contributed by atoms with Crippen molar-refractivity contribution in [3.8, 4) is 0 Å². The summed E-state index contributed by atoms with van der Waals surface area (Å²) in [5.74, 6) is 0.598. The van der Waals surface area contributed by atoms with Gasteiger partial charge in [-0.1, -0.05) is 0 Å². The summed E-state index contributed by atoms with van der Waals surface area (Å²) in [6, 6.07) is 2.02. The quantitative estimate of drug-likeness (QED) is 0.513. The third-order valence-corrected chi connectivity index (χ3v) is 1.70. The van der Waals surface area contributed by atoms with E-state index in [1.807, 2.05) is 24.6 Å². The van der Waals surface area contributed by atoms with E-state index in [1.165, 1.54) is 0 Å². The van der Waals surface area contributed by atoms with Gasteiger partial charge in [0.05, 0.1) is 12.2 Å². The molecule has 0 aliphatic heterocycles. The van der Waals surface area contributed by atoms with Crippen molar-refractivity contribution in [3.63, 3.8) is 0 Å². The third-order valence-electron chi connectivity index (χ3n) is 1.70. The van der Waals surface area contributed by atoms with Crippen LogP contribution in [0.1, 0.15) is 11.4 Å². The Morgan fingerprint density at radius 3 is 2.75 bits per heavy atom. The molecule has 0 spiro atoms. The Kier molecular flexibility index (Phi) is 2.47. The first-order chi connectivity index (χ1) is 5.63. The zero-order chi connectivity index (χ0) is 9.14. The largest absolute Gasteiger partial charge is 0.386 e. The number of hydrogen-bond donors (Lipinski definition) is 1. The molecule has 0 bridgehead atoms. The van der Waals surface area contributed by atoms with Gasteiger partial charge < -0.3 is 5.73 Å². The van der Waals surface area contributed by atoms with Gasteiger partial charge in [-0.05, 0) is 19.9 Å². The molecule has 0 fully saturated rings. The molecule has 1 rings (SSSR count). The van der Waals surface area contributed by atoms with E-state index in [1.54, 1.807) is 7.05 Å². The molecule has 0 aliphatic rings. The molecule has 0 aromatic carbocycles. The third kappa shape index (κ3) is 1.84. The Bertz CT molecular complexity index is 298. The molecule has 66 valence electrons. The number of nitrogens with two attached hydrogens (primary N) is 1. The Morgan fingerprint density at radius 1 is 1.67 bits per heavy atom. The molecule has 1 aromatic rings. The van der Waals surface area contributed by atoms with E-state index >= 15 is 0 Å². The molecule has 0 saturated heterocycles. The summed E-state index contributed by atoms with van der Waals surface area (Å²) in [6.07, 6.45) is 0. The van der Waals surface area contributed by atoms with Gasteiger partial charge in [-0.15, -0.1) is 0 Å². The highest BCUT2D eigenvalue weighted by Gasteiger charge is 2.00. The second-order valence-corrected chi connectivity index (χ2v) is 2.80. The minimum atomic E-state index is 0.580. The van der Waals surface area contributed by atoms with Crippen LogP contribution in [0.25, 0.3) is 0 Å². The molecule has 0 saturated carbocycles. The number of aryl methyl sites for hydroxylation is 2. The van der Waals surface area contributed by atoms with Crippen LogP contribution < -0.4 is 5.73 Å². The smallest absolute Gasteiger partial charge is 0.115 e. The summed E-state index contributed by atoms with van der Waals surface area (Å²) in [5, 5.41) is 4.25. The molecule has 1 heterocycles. The van der Waals surface area contributed by atoms with E-state index in [4.69, 9.17) is 5.73 Å². The zero-order valence-corrected chi connectivity index (χ0v) is 7.70. The van der Waals surface area contributed by atoms with E-state index < -0.39 is 0 Å². The van der Waals surface area contributed by atoms with Crippen LogP contribution in [0.2, 0.25) is 0 Å². The lowest BCUT2D eigenvalue weighted by Gasteiger charge is -2.02. The molecule has 0 radical (unpaired) electrons. The van der Waals surface area contributed by atoms with Crippen LogP contribution in [0.3, 0.4) is 0 Å². The van der Waals surface area contributed by atoms with Crippen molar-refractivity contribution >= 4 is 5.84 Å². The fourth-order valence-corrected chi connectivity index (χ4v) is 1.06. The normalized spacial score (nSPS) is 12.1. The number of aliphatic imine (C=N–C) groups is 1. The lowest BCUT2D eigenvalue weighted by Crippen LogP contribution is -2.20. The predicted octanol–water partition coefficient (Wildman–Crippen LogP) is 0.487. The minimum Gasteiger partial charge on any atom is -0.386 e. The van der Waals surface area contributed by atoms with E-state index in [0.717, 1.165) is 11.4 Å². The van der Waals surface area contributed by atoms with Crippen LogP contribution in [0.4, 0.5) is 0 Å². The van der Waals surface area contributed by atoms with Crippen molar-refractivity contribution in [2.45, 2.75) is 20.4 Å². The molecule has 4 heteroatoms. The topological polar surface area (TPSA) is 56.2 Å². The van der Waals surface area contributed by atoms with Crippen LogP contribution in [0, 0.1) is 13.8 Å². The first-order valence-corrected chi connectivity index (χ1v) is 3.85. The van der Waals surface area contributed by atoms with Gasteiger partial charge in [-0.25, -0.2) is 0 Å². The maximum absolute atomic E-state index is 5.57. The van der Waals surface area contributed by atoms with E-state index in [-0.39, 0.29) is 0 Å². The van der Waals surface area contributed by atoms with Crippen LogP contribution in [0.15, 0.2) is 11.1 Å². The fraction of sp³-hybridized carbons (Fsp3) is 0.500. The Morgan fingerprint density at radius 2 is 2.33 bits per heavy atom. The zero-order valence-electron chi connectivity index (χ0n) is 7.70. The van der Waals surface area contributed by atoms with Gasteiger partial charge in [0.25, 0.3) is 0 Å². The second kappa shape index (κ2) is 3.38. The number of amidine groups is 1. The van der Waals surface area contributed by atoms with Crippen molar-refractivity contribution in [2.24, 2.45) is 10.7 Å². The summed E-state index contributed by atoms with van der Waals surface area (Å²) in [7, 11) is 1.68. The number of aromatic nitrogens is 2. The molecular formula is C8H14N4. The highest BCUT2D eigenvalue weighted by atomic mass is 15.3. The van der Waals surface area contributed by atoms with E-state index in [2.05, 4.69) is 10.1 Å². The van der Waals surface area contributed by atoms with Crippen molar-refractivity contribution < 1.29 is 0 Å². The second-order valence-electron chi connectivity index (χ2n) is 2.80. The first kappa shape index (κ1) is 8.77. The summed E-state index contributed by atoms with van der Waals surface area (Å²) in [4.78, 5) is 3.87. The molecule has 2 N–H and O–H groups in total. The standard InChI is InChI=1S/C8H14N4/c1-6-4-7(2)12(11-6)5-8(9)10-3/h4H,5H2,1-3H3,(H2,9,10). The summed E-state index contributed by atoms with van der Waals surface area (Å²) >= 11 is 0. The van der Waals surface area contributed by atoms with Crippen molar-refractivity contribution in [3.05, 3.63) is 17.5 Å².